The summed E-state index contributed by atoms with van der Waals surface area (Å²) in [5, 5.41) is 3.68. The molecule has 0 fully saturated rings. The van der Waals surface area contributed by atoms with Crippen LogP contribution in [0.15, 0.2) is 28.1 Å². The highest BCUT2D eigenvalue weighted by Gasteiger charge is 2.06. The Morgan fingerprint density at radius 2 is 2.29 bits per heavy atom. The predicted octanol–water partition coefficient (Wildman–Crippen LogP) is 4.92. The van der Waals surface area contributed by atoms with Crippen molar-refractivity contribution in [3.05, 3.63) is 33.6 Å². The maximum Gasteiger partial charge on any atom is 0.0357 e. The second-order valence-corrected chi connectivity index (χ2v) is 6.05. The van der Waals surface area contributed by atoms with Gasteiger partial charge in [0.05, 0.1) is 0 Å². The van der Waals surface area contributed by atoms with Crippen LogP contribution in [0.3, 0.4) is 0 Å². The molecule has 0 saturated carbocycles. The van der Waals surface area contributed by atoms with E-state index in [1.54, 1.807) is 0 Å². The Morgan fingerprint density at radius 3 is 3.07 bits per heavy atom. The molecule has 0 unspecified atom stereocenters. The second kappa shape index (κ2) is 4.69. The van der Waals surface area contributed by atoms with Gasteiger partial charge in [-0.15, -0.1) is 11.3 Å². The molecule has 0 saturated heterocycles. The zero-order valence-corrected chi connectivity index (χ0v) is 11.1. The first-order chi connectivity index (χ1) is 6.83. The molecule has 0 bridgehead atoms. The Bertz CT molecular complexity index is 434. The molecule has 0 aliphatic heterocycles. The quantitative estimate of drug-likeness (QED) is 0.772. The zero-order valence-electron chi connectivity index (χ0n) is 7.92. The minimum atomic E-state index is 1.12. The van der Waals surface area contributed by atoms with E-state index >= 15 is 0 Å². The van der Waals surface area contributed by atoms with Crippen molar-refractivity contribution in [2.75, 3.05) is 5.75 Å². The molecule has 0 nitrogen and oxygen atoms in total. The predicted molar refractivity (Wildman–Crippen MR) is 71.4 cm³/mol. The van der Waals surface area contributed by atoms with Gasteiger partial charge in [0.2, 0.25) is 0 Å². The fraction of sp³-hybridized carbons (Fsp3) is 0.273. The van der Waals surface area contributed by atoms with E-state index in [4.69, 9.17) is 0 Å². The van der Waals surface area contributed by atoms with Gasteiger partial charge in [0.25, 0.3) is 0 Å². The molecule has 0 aliphatic carbocycles. The van der Waals surface area contributed by atoms with Gasteiger partial charge >= 0.3 is 0 Å². The van der Waals surface area contributed by atoms with Crippen LogP contribution in [-0.2, 0) is 5.75 Å². The van der Waals surface area contributed by atoms with Crippen molar-refractivity contribution in [1.82, 2.24) is 0 Å². The van der Waals surface area contributed by atoms with Crippen molar-refractivity contribution >= 4 is 49.1 Å². The lowest BCUT2D eigenvalue weighted by atomic mass is 10.2. The lowest BCUT2D eigenvalue weighted by Gasteiger charge is -1.99. The first-order valence-electron chi connectivity index (χ1n) is 4.55. The number of benzene rings is 1. The number of halogens is 1. The van der Waals surface area contributed by atoms with Crippen LogP contribution in [-0.4, -0.2) is 5.75 Å². The summed E-state index contributed by atoms with van der Waals surface area (Å²) in [7, 11) is 0. The summed E-state index contributed by atoms with van der Waals surface area (Å²) in [4.78, 5) is 0. The van der Waals surface area contributed by atoms with Gasteiger partial charge in [0, 0.05) is 20.3 Å². The average molecular weight is 287 g/mol. The summed E-state index contributed by atoms with van der Waals surface area (Å²) in [5.41, 5.74) is 1.46. The third-order valence-corrected chi connectivity index (χ3v) is 4.67. The van der Waals surface area contributed by atoms with Gasteiger partial charge < -0.3 is 0 Å². The van der Waals surface area contributed by atoms with Crippen LogP contribution in [0.5, 0.6) is 0 Å². The van der Waals surface area contributed by atoms with Crippen molar-refractivity contribution in [2.45, 2.75) is 12.7 Å². The monoisotopic (exact) mass is 286 g/mol. The van der Waals surface area contributed by atoms with E-state index < -0.39 is 0 Å². The summed E-state index contributed by atoms with van der Waals surface area (Å²) in [6.07, 6.45) is 0. The van der Waals surface area contributed by atoms with Crippen molar-refractivity contribution < 1.29 is 0 Å². The number of rotatable bonds is 3. The molecular weight excluding hydrogens is 276 g/mol. The highest BCUT2D eigenvalue weighted by atomic mass is 79.9. The van der Waals surface area contributed by atoms with Crippen LogP contribution in [0.2, 0.25) is 0 Å². The molecule has 0 aliphatic rings. The second-order valence-electron chi connectivity index (χ2n) is 3.01. The zero-order chi connectivity index (χ0) is 9.97. The van der Waals surface area contributed by atoms with Gasteiger partial charge in [-0.3, -0.25) is 0 Å². The lowest BCUT2D eigenvalue weighted by Crippen LogP contribution is -1.79. The van der Waals surface area contributed by atoms with Crippen LogP contribution in [0.4, 0.5) is 0 Å². The van der Waals surface area contributed by atoms with Crippen molar-refractivity contribution in [3.63, 3.8) is 0 Å². The van der Waals surface area contributed by atoms with Gasteiger partial charge in [0.15, 0.2) is 0 Å². The number of hydrogen-bond donors (Lipinski definition) is 0. The topological polar surface area (TPSA) is 0 Å². The van der Waals surface area contributed by atoms with Crippen molar-refractivity contribution in [2.24, 2.45) is 0 Å². The van der Waals surface area contributed by atoms with Crippen molar-refractivity contribution in [1.29, 1.82) is 0 Å². The van der Waals surface area contributed by atoms with Crippen LogP contribution in [0, 0.1) is 0 Å². The molecule has 2 rings (SSSR count). The summed E-state index contributed by atoms with van der Waals surface area (Å²) in [6.45, 7) is 2.20. The third kappa shape index (κ3) is 2.00. The Labute approximate surface area is 101 Å². The summed E-state index contributed by atoms with van der Waals surface area (Å²) in [6, 6.07) is 6.40. The Morgan fingerprint density at radius 1 is 1.43 bits per heavy atom. The molecule has 1 aromatic heterocycles. The first-order valence-corrected chi connectivity index (χ1v) is 7.38. The molecule has 0 N–H and O–H groups in total. The van der Waals surface area contributed by atoms with E-state index in [0.29, 0.717) is 0 Å². The number of fused-ring (bicyclic) bond motifs is 1. The SMILES string of the molecule is CCSCc1csc2cccc(Br)c12. The number of thioether (sulfide) groups is 1. The Hall–Kier alpha value is 0.01000. The van der Waals surface area contributed by atoms with Gasteiger partial charge in [0.1, 0.15) is 0 Å². The van der Waals surface area contributed by atoms with E-state index in [2.05, 4.69) is 46.4 Å². The van der Waals surface area contributed by atoms with Gasteiger partial charge in [-0.25, -0.2) is 0 Å². The highest BCUT2D eigenvalue weighted by Crippen LogP contribution is 2.34. The molecule has 74 valence electrons. The summed E-state index contributed by atoms with van der Waals surface area (Å²) >= 11 is 7.43. The number of hydrogen-bond acceptors (Lipinski definition) is 2. The van der Waals surface area contributed by atoms with Crippen LogP contribution in [0.25, 0.3) is 10.1 Å². The van der Waals surface area contributed by atoms with E-state index in [-0.39, 0.29) is 0 Å². The minimum absolute atomic E-state index is 1.12. The lowest BCUT2D eigenvalue weighted by molar-refractivity contribution is 1.45. The molecule has 0 amide bonds. The molecule has 3 heteroatoms. The highest BCUT2D eigenvalue weighted by molar-refractivity contribution is 9.10. The van der Waals surface area contributed by atoms with Gasteiger partial charge in [-0.1, -0.05) is 28.9 Å². The van der Waals surface area contributed by atoms with E-state index in [9.17, 15) is 0 Å². The summed E-state index contributed by atoms with van der Waals surface area (Å²) in [5.74, 6) is 2.31. The van der Waals surface area contributed by atoms with Crippen LogP contribution in [0.1, 0.15) is 12.5 Å². The van der Waals surface area contributed by atoms with Crippen LogP contribution >= 0.6 is 39.0 Å². The van der Waals surface area contributed by atoms with E-state index in [0.717, 1.165) is 5.75 Å². The standard InChI is InChI=1S/C11H11BrS2/c1-2-13-6-8-7-14-10-5-3-4-9(12)11(8)10/h3-5,7H,2,6H2,1H3. The first kappa shape index (κ1) is 10.5. The molecule has 0 radical (unpaired) electrons. The molecular formula is C11H11BrS2. The Balaban J connectivity index is 2.45. The molecule has 1 aromatic carbocycles. The fourth-order valence-corrected chi connectivity index (χ4v) is 3.92. The maximum absolute atomic E-state index is 3.62. The molecule has 1 heterocycles. The normalized spacial score (nSPS) is 11.0. The fourth-order valence-electron chi connectivity index (χ4n) is 1.43. The summed E-state index contributed by atoms with van der Waals surface area (Å²) < 4.78 is 2.61. The van der Waals surface area contributed by atoms with Crippen LogP contribution < -0.4 is 0 Å². The number of thiophene rings is 1. The Kier molecular flexibility index (Phi) is 3.52. The smallest absolute Gasteiger partial charge is 0.0357 e. The van der Waals surface area contributed by atoms with Crippen molar-refractivity contribution in [3.8, 4) is 0 Å². The minimum Gasteiger partial charge on any atom is -0.157 e. The molecule has 14 heavy (non-hydrogen) atoms. The van der Waals surface area contributed by atoms with Gasteiger partial charge in [-0.2, -0.15) is 11.8 Å². The van der Waals surface area contributed by atoms with Gasteiger partial charge in [-0.05, 0) is 28.8 Å². The molecule has 0 atom stereocenters. The van der Waals surface area contributed by atoms with E-state index in [1.807, 2.05) is 23.1 Å². The molecule has 0 spiro atoms. The maximum atomic E-state index is 3.62. The molecule has 2 aromatic rings. The average Bonchev–Trinajstić information content (AvgIpc) is 2.59. The third-order valence-electron chi connectivity index (χ3n) is 2.09. The largest absolute Gasteiger partial charge is 0.157 e. The van der Waals surface area contributed by atoms with E-state index in [1.165, 1.54) is 25.9 Å².